The number of anilines is 1. The summed E-state index contributed by atoms with van der Waals surface area (Å²) in [7, 11) is -3.52. The summed E-state index contributed by atoms with van der Waals surface area (Å²) in [4.78, 5) is 28.5. The summed E-state index contributed by atoms with van der Waals surface area (Å²) in [5, 5.41) is 5.39. The van der Waals surface area contributed by atoms with E-state index in [4.69, 9.17) is 4.74 Å². The predicted octanol–water partition coefficient (Wildman–Crippen LogP) is 3.23. The summed E-state index contributed by atoms with van der Waals surface area (Å²) in [6.45, 7) is 3.05. The average molecular weight is 470 g/mol. The topological polar surface area (TPSA) is 106 Å². The van der Waals surface area contributed by atoms with Crippen molar-refractivity contribution in [1.29, 1.82) is 0 Å². The Morgan fingerprint density at radius 1 is 1.23 bits per heavy atom. The Balaban J connectivity index is 1.56. The number of hydrogen-bond acceptors (Lipinski definition) is 8. The van der Waals surface area contributed by atoms with Gasteiger partial charge in [0.25, 0.3) is 0 Å². The van der Waals surface area contributed by atoms with Crippen molar-refractivity contribution >= 4 is 50.0 Å². The van der Waals surface area contributed by atoms with E-state index in [2.05, 4.69) is 10.3 Å². The molecule has 0 aliphatic carbocycles. The minimum atomic E-state index is -3.52. The zero-order valence-electron chi connectivity index (χ0n) is 16.5. The van der Waals surface area contributed by atoms with Crippen molar-refractivity contribution < 1.29 is 22.7 Å². The number of sulfonamides is 1. The first kappa shape index (κ1) is 22.7. The summed E-state index contributed by atoms with van der Waals surface area (Å²) in [5.74, 6) is -0.695. The van der Waals surface area contributed by atoms with Crippen LogP contribution in [-0.4, -0.2) is 55.0 Å². The van der Waals surface area contributed by atoms with E-state index < -0.39 is 16.0 Å². The van der Waals surface area contributed by atoms with Gasteiger partial charge in [0.2, 0.25) is 15.9 Å². The molecule has 0 saturated carbocycles. The van der Waals surface area contributed by atoms with Crippen LogP contribution < -0.4 is 5.32 Å². The molecule has 0 atom stereocenters. The van der Waals surface area contributed by atoms with Gasteiger partial charge in [-0.1, -0.05) is 18.2 Å². The second-order valence-electron chi connectivity index (χ2n) is 6.52. The summed E-state index contributed by atoms with van der Waals surface area (Å²) < 4.78 is 31.8. The van der Waals surface area contributed by atoms with Crippen LogP contribution in [0, 0.1) is 0 Å². The van der Waals surface area contributed by atoms with Crippen molar-refractivity contribution in [2.75, 3.05) is 30.8 Å². The molecule has 8 nitrogen and oxygen atoms in total. The van der Waals surface area contributed by atoms with E-state index in [1.54, 1.807) is 24.4 Å². The zero-order valence-corrected chi connectivity index (χ0v) is 18.9. The van der Waals surface area contributed by atoms with Crippen molar-refractivity contribution in [2.24, 2.45) is 0 Å². The highest BCUT2D eigenvalue weighted by Gasteiger charge is 2.26. The maximum absolute atomic E-state index is 12.7. The predicted molar refractivity (Wildman–Crippen MR) is 116 cm³/mol. The number of thiophene rings is 1. The number of piperidine rings is 1. The van der Waals surface area contributed by atoms with Gasteiger partial charge in [0.15, 0.2) is 0 Å². The van der Waals surface area contributed by atoms with E-state index in [-0.39, 0.29) is 23.2 Å². The Hall–Kier alpha value is -1.95. The Kier molecular flexibility index (Phi) is 7.87. The van der Waals surface area contributed by atoms with Crippen LogP contribution in [0.5, 0.6) is 0 Å². The van der Waals surface area contributed by atoms with Crippen LogP contribution in [0.4, 0.5) is 5.00 Å². The number of carbonyl (C=O) groups excluding carboxylic acids is 2. The van der Waals surface area contributed by atoms with Crippen molar-refractivity contribution in [1.82, 2.24) is 9.29 Å². The second kappa shape index (κ2) is 10.4. The Morgan fingerprint density at radius 3 is 2.67 bits per heavy atom. The molecule has 1 N–H and O–H groups in total. The van der Waals surface area contributed by atoms with Crippen molar-refractivity contribution in [3.05, 3.63) is 35.3 Å². The van der Waals surface area contributed by atoms with Gasteiger partial charge in [0.05, 0.1) is 22.9 Å². The van der Waals surface area contributed by atoms with Gasteiger partial charge in [-0.2, -0.15) is 4.31 Å². The molecule has 1 fully saturated rings. The quantitative estimate of drug-likeness (QED) is 0.467. The SMILES string of the molecule is CCOC(=O)c1ccsc1NC(=O)CSc1ccc(S(=O)(=O)N2CCCCC2)cn1. The van der Waals surface area contributed by atoms with Gasteiger partial charge in [-0.25, -0.2) is 18.2 Å². The first-order valence-corrected chi connectivity index (χ1v) is 12.9. The second-order valence-corrected chi connectivity index (χ2v) is 10.4. The maximum Gasteiger partial charge on any atom is 0.341 e. The molecule has 3 heterocycles. The number of thioether (sulfide) groups is 1. The summed E-state index contributed by atoms with van der Waals surface area (Å²) >= 11 is 2.43. The van der Waals surface area contributed by atoms with E-state index in [9.17, 15) is 18.0 Å². The maximum atomic E-state index is 12.7. The molecule has 162 valence electrons. The van der Waals surface area contributed by atoms with Crippen LogP contribution in [0.2, 0.25) is 0 Å². The van der Waals surface area contributed by atoms with Crippen molar-refractivity contribution in [3.63, 3.8) is 0 Å². The number of pyridine rings is 1. The summed E-state index contributed by atoms with van der Waals surface area (Å²) in [6.07, 6.45) is 4.13. The standard InChI is InChI=1S/C19H23N3O5S3/c1-2-27-19(24)15-8-11-28-18(15)21-16(23)13-29-17-7-6-14(12-20-17)30(25,26)22-9-4-3-5-10-22/h6-8,11-12H,2-5,9-10,13H2,1H3,(H,21,23). The molecule has 2 aromatic heterocycles. The van der Waals surface area contributed by atoms with Crippen molar-refractivity contribution in [3.8, 4) is 0 Å². The number of amides is 1. The smallest absolute Gasteiger partial charge is 0.341 e. The lowest BCUT2D eigenvalue weighted by Crippen LogP contribution is -2.35. The lowest BCUT2D eigenvalue weighted by molar-refractivity contribution is -0.113. The third-order valence-corrected chi connectivity index (χ3v) is 8.08. The number of nitrogens with zero attached hydrogens (tertiary/aromatic N) is 2. The molecular formula is C19H23N3O5S3. The number of rotatable bonds is 8. The Morgan fingerprint density at radius 2 is 2.00 bits per heavy atom. The first-order valence-electron chi connectivity index (χ1n) is 9.55. The molecule has 0 bridgehead atoms. The first-order chi connectivity index (χ1) is 14.4. The van der Waals surface area contributed by atoms with Crippen LogP contribution in [-0.2, 0) is 19.6 Å². The van der Waals surface area contributed by atoms with Gasteiger partial charge in [-0.05, 0) is 43.3 Å². The van der Waals surface area contributed by atoms with Crippen LogP contribution in [0.15, 0.2) is 39.7 Å². The van der Waals surface area contributed by atoms with Crippen LogP contribution in [0.3, 0.4) is 0 Å². The van der Waals surface area contributed by atoms with E-state index in [0.717, 1.165) is 19.3 Å². The van der Waals surface area contributed by atoms with Crippen LogP contribution in [0.25, 0.3) is 0 Å². The number of hydrogen-bond donors (Lipinski definition) is 1. The Bertz CT molecular complexity index is 983. The van der Waals surface area contributed by atoms with Crippen LogP contribution >= 0.6 is 23.1 Å². The summed E-state index contributed by atoms with van der Waals surface area (Å²) in [6, 6.07) is 4.73. The number of nitrogens with one attached hydrogen (secondary N) is 1. The van der Waals surface area contributed by atoms with E-state index in [0.29, 0.717) is 28.7 Å². The van der Waals surface area contributed by atoms with Gasteiger partial charge in [0, 0.05) is 19.3 Å². The zero-order chi connectivity index (χ0) is 21.6. The lowest BCUT2D eigenvalue weighted by Gasteiger charge is -2.25. The third-order valence-electron chi connectivity index (χ3n) is 4.43. The molecule has 11 heteroatoms. The normalized spacial score (nSPS) is 15.0. The minimum absolute atomic E-state index is 0.0748. The molecule has 0 spiro atoms. The Labute approximate surface area is 184 Å². The molecule has 2 aromatic rings. The lowest BCUT2D eigenvalue weighted by atomic mass is 10.2. The van der Waals surface area contributed by atoms with Gasteiger partial charge < -0.3 is 10.1 Å². The van der Waals surface area contributed by atoms with Gasteiger partial charge in [-0.15, -0.1) is 11.3 Å². The molecule has 30 heavy (non-hydrogen) atoms. The van der Waals surface area contributed by atoms with Gasteiger partial charge in [0.1, 0.15) is 9.90 Å². The van der Waals surface area contributed by atoms with E-state index in [1.807, 2.05) is 0 Å². The van der Waals surface area contributed by atoms with Gasteiger partial charge >= 0.3 is 5.97 Å². The molecular weight excluding hydrogens is 446 g/mol. The average Bonchev–Trinajstić information content (AvgIpc) is 3.21. The van der Waals surface area contributed by atoms with Crippen LogP contribution in [0.1, 0.15) is 36.5 Å². The minimum Gasteiger partial charge on any atom is -0.462 e. The summed E-state index contributed by atoms with van der Waals surface area (Å²) in [5.41, 5.74) is 0.325. The molecule has 0 radical (unpaired) electrons. The fourth-order valence-corrected chi connectivity index (χ4v) is 5.83. The number of ether oxygens (including phenoxy) is 1. The highest BCUT2D eigenvalue weighted by atomic mass is 32.2. The van der Waals surface area contributed by atoms with Crippen molar-refractivity contribution in [2.45, 2.75) is 36.1 Å². The van der Waals surface area contributed by atoms with Gasteiger partial charge in [-0.3, -0.25) is 4.79 Å². The molecule has 3 rings (SSSR count). The number of carbonyl (C=O) groups is 2. The molecule has 1 amide bonds. The van der Waals surface area contributed by atoms with E-state index >= 15 is 0 Å². The highest BCUT2D eigenvalue weighted by molar-refractivity contribution is 7.99. The van der Waals surface area contributed by atoms with E-state index in [1.165, 1.54) is 39.7 Å². The largest absolute Gasteiger partial charge is 0.462 e. The molecule has 0 aromatic carbocycles. The monoisotopic (exact) mass is 469 g/mol. The number of esters is 1. The number of aromatic nitrogens is 1. The highest BCUT2D eigenvalue weighted by Crippen LogP contribution is 2.25. The third kappa shape index (κ3) is 5.60. The molecule has 0 unspecified atom stereocenters. The fraction of sp³-hybridized carbons (Fsp3) is 0.421. The molecule has 1 aliphatic rings. The molecule has 1 saturated heterocycles. The molecule has 1 aliphatic heterocycles. The fourth-order valence-electron chi connectivity index (χ4n) is 2.94.